The van der Waals surface area contributed by atoms with Crippen LogP contribution < -0.4 is 0 Å². The molecule has 1 saturated carbocycles. The van der Waals surface area contributed by atoms with Crippen LogP contribution in [0.3, 0.4) is 0 Å². The highest BCUT2D eigenvalue weighted by Crippen LogP contribution is 2.46. The number of aliphatic hydroxyl groups is 1. The fourth-order valence-corrected chi connectivity index (χ4v) is 3.37. The number of rotatable bonds is 2. The molecule has 0 aromatic heterocycles. The van der Waals surface area contributed by atoms with E-state index < -0.39 is 22.8 Å². The lowest BCUT2D eigenvalue weighted by Gasteiger charge is -2.56. The van der Waals surface area contributed by atoms with Crippen LogP contribution in [0.2, 0.25) is 0 Å². The van der Waals surface area contributed by atoms with Crippen molar-refractivity contribution in [2.45, 2.75) is 76.5 Å². The third kappa shape index (κ3) is 2.82. The molecule has 0 bridgehead atoms. The second kappa shape index (κ2) is 5.62. The van der Waals surface area contributed by atoms with Crippen LogP contribution in [0.25, 0.3) is 0 Å². The number of ether oxygens (including phenoxy) is 3. The van der Waals surface area contributed by atoms with Gasteiger partial charge < -0.3 is 19.3 Å². The first kappa shape index (κ1) is 17.4. The highest BCUT2D eigenvalue weighted by molar-refractivity contribution is 5.79. The van der Waals surface area contributed by atoms with Gasteiger partial charge in [-0.05, 0) is 41.0 Å². The molecular weight excluding hydrogens is 284 g/mol. The highest BCUT2D eigenvalue weighted by atomic mass is 16.6. The van der Waals surface area contributed by atoms with Crippen molar-refractivity contribution in [2.75, 3.05) is 7.11 Å². The van der Waals surface area contributed by atoms with Gasteiger partial charge in [-0.15, -0.1) is 0 Å². The topological polar surface area (TPSA) is 65.0 Å². The maximum Gasteiger partial charge on any atom is 0.337 e. The Balaban J connectivity index is 2.34. The molecule has 4 atom stereocenters. The van der Waals surface area contributed by atoms with Gasteiger partial charge in [-0.1, -0.05) is 12.2 Å². The van der Waals surface area contributed by atoms with Gasteiger partial charge in [-0.2, -0.15) is 0 Å². The molecule has 0 aromatic rings. The van der Waals surface area contributed by atoms with E-state index in [4.69, 9.17) is 14.2 Å². The minimum atomic E-state index is -1.53. The molecule has 0 radical (unpaired) electrons. The van der Waals surface area contributed by atoms with E-state index in [2.05, 4.69) is 0 Å². The van der Waals surface area contributed by atoms with Gasteiger partial charge in [-0.3, -0.25) is 0 Å². The molecule has 1 aliphatic carbocycles. The van der Waals surface area contributed by atoms with Crippen molar-refractivity contribution in [1.82, 2.24) is 0 Å². The van der Waals surface area contributed by atoms with Crippen LogP contribution in [0.4, 0.5) is 0 Å². The number of fused-ring (bicyclic) bond motifs is 1. The molecule has 5 heteroatoms. The Labute approximate surface area is 132 Å². The Morgan fingerprint density at radius 3 is 2.32 bits per heavy atom. The maximum absolute atomic E-state index is 12.0. The second-order valence-electron chi connectivity index (χ2n) is 7.38. The molecule has 1 saturated heterocycles. The van der Waals surface area contributed by atoms with Gasteiger partial charge in [0.05, 0.1) is 30.5 Å². The summed E-state index contributed by atoms with van der Waals surface area (Å²) < 4.78 is 17.3. The molecule has 1 heterocycles. The molecule has 0 unspecified atom stereocenters. The summed E-state index contributed by atoms with van der Waals surface area (Å²) in [7, 11) is 1.29. The Morgan fingerprint density at radius 2 is 1.77 bits per heavy atom. The molecule has 0 spiro atoms. The van der Waals surface area contributed by atoms with Crippen molar-refractivity contribution in [3.63, 3.8) is 0 Å². The molecule has 2 fully saturated rings. The highest BCUT2D eigenvalue weighted by Gasteiger charge is 2.57. The van der Waals surface area contributed by atoms with E-state index in [1.165, 1.54) is 7.11 Å². The van der Waals surface area contributed by atoms with Crippen molar-refractivity contribution < 1.29 is 24.1 Å². The van der Waals surface area contributed by atoms with E-state index in [1.54, 1.807) is 0 Å². The first-order valence-corrected chi connectivity index (χ1v) is 7.85. The van der Waals surface area contributed by atoms with Gasteiger partial charge in [0.1, 0.15) is 0 Å². The van der Waals surface area contributed by atoms with Crippen LogP contribution in [0.1, 0.15) is 47.5 Å². The van der Waals surface area contributed by atoms with E-state index in [1.807, 2.05) is 46.8 Å². The summed E-state index contributed by atoms with van der Waals surface area (Å²) in [6.45, 7) is 9.88. The van der Waals surface area contributed by atoms with Gasteiger partial charge in [0.2, 0.25) is 0 Å². The Hall–Kier alpha value is -0.910. The van der Waals surface area contributed by atoms with E-state index in [0.717, 1.165) is 0 Å². The van der Waals surface area contributed by atoms with Crippen LogP contribution in [-0.2, 0) is 19.0 Å². The SMILES string of the molecule is C/C=C/[C@@H]1C[C@@](O)(C(=O)OC)C[C@H]2OC(C)(C)C(C)(C)O[C@H]12. The molecular formula is C17H28O5. The van der Waals surface area contributed by atoms with Crippen molar-refractivity contribution >= 4 is 5.97 Å². The van der Waals surface area contributed by atoms with Crippen LogP contribution >= 0.6 is 0 Å². The number of carbonyl (C=O) groups excluding carboxylic acids is 1. The Bertz CT molecular complexity index is 468. The molecule has 2 aliphatic rings. The zero-order chi connectivity index (χ0) is 16.8. The Kier molecular flexibility index (Phi) is 4.46. The molecule has 5 nitrogen and oxygen atoms in total. The van der Waals surface area contributed by atoms with Crippen LogP contribution in [-0.4, -0.2) is 47.2 Å². The molecule has 0 amide bonds. The standard InChI is InChI=1S/C17H28O5/c1-7-8-11-9-17(19,14(18)20-6)10-12-13(11)22-16(4,5)15(2,3)21-12/h7-8,11-13,19H,9-10H2,1-6H3/b8-7+/t11-,12-,13-,17+/m1/s1. The Morgan fingerprint density at radius 1 is 1.18 bits per heavy atom. The van der Waals surface area contributed by atoms with Gasteiger partial charge in [0, 0.05) is 12.3 Å². The zero-order valence-electron chi connectivity index (χ0n) is 14.4. The fraction of sp³-hybridized carbons (Fsp3) is 0.824. The number of allylic oxidation sites excluding steroid dienone is 1. The number of carbonyl (C=O) groups is 1. The lowest BCUT2D eigenvalue weighted by Crippen LogP contribution is -2.66. The third-order valence-corrected chi connectivity index (χ3v) is 5.23. The summed E-state index contributed by atoms with van der Waals surface area (Å²) in [4.78, 5) is 12.0. The van der Waals surface area contributed by atoms with E-state index in [-0.39, 0.29) is 31.0 Å². The molecule has 2 rings (SSSR count). The molecule has 22 heavy (non-hydrogen) atoms. The first-order valence-electron chi connectivity index (χ1n) is 7.85. The van der Waals surface area contributed by atoms with Gasteiger partial charge >= 0.3 is 5.97 Å². The van der Waals surface area contributed by atoms with Crippen molar-refractivity contribution in [3.05, 3.63) is 12.2 Å². The summed E-state index contributed by atoms with van der Waals surface area (Å²) in [5.41, 5.74) is -2.49. The van der Waals surface area contributed by atoms with E-state index in [0.29, 0.717) is 0 Å². The molecule has 0 aromatic carbocycles. The molecule has 1 N–H and O–H groups in total. The maximum atomic E-state index is 12.0. The number of esters is 1. The van der Waals surface area contributed by atoms with Gasteiger partial charge in [-0.25, -0.2) is 4.79 Å². The van der Waals surface area contributed by atoms with Crippen LogP contribution in [0.15, 0.2) is 12.2 Å². The molecule has 126 valence electrons. The van der Waals surface area contributed by atoms with Crippen LogP contribution in [0, 0.1) is 5.92 Å². The monoisotopic (exact) mass is 312 g/mol. The smallest absolute Gasteiger partial charge is 0.337 e. The quantitative estimate of drug-likeness (QED) is 0.625. The van der Waals surface area contributed by atoms with E-state index in [9.17, 15) is 9.90 Å². The number of hydrogen-bond donors (Lipinski definition) is 1. The summed E-state index contributed by atoms with van der Waals surface area (Å²) in [6, 6.07) is 0. The van der Waals surface area contributed by atoms with Gasteiger partial charge in [0.15, 0.2) is 5.60 Å². The fourth-order valence-electron chi connectivity index (χ4n) is 3.37. The minimum absolute atomic E-state index is 0.0942. The predicted molar refractivity (Wildman–Crippen MR) is 82.4 cm³/mol. The molecule has 1 aliphatic heterocycles. The lowest BCUT2D eigenvalue weighted by molar-refractivity contribution is -0.319. The summed E-state index contributed by atoms with van der Waals surface area (Å²) in [5.74, 6) is -0.699. The average molecular weight is 312 g/mol. The number of methoxy groups -OCH3 is 1. The van der Waals surface area contributed by atoms with Gasteiger partial charge in [0.25, 0.3) is 0 Å². The average Bonchev–Trinajstić information content (AvgIpc) is 2.40. The minimum Gasteiger partial charge on any atom is -0.467 e. The van der Waals surface area contributed by atoms with E-state index >= 15 is 0 Å². The van der Waals surface area contributed by atoms with Crippen molar-refractivity contribution in [3.8, 4) is 0 Å². The van der Waals surface area contributed by atoms with Crippen molar-refractivity contribution in [1.29, 1.82) is 0 Å². The van der Waals surface area contributed by atoms with Crippen molar-refractivity contribution in [2.24, 2.45) is 5.92 Å². The first-order chi connectivity index (χ1) is 10.1. The summed E-state index contributed by atoms with van der Waals surface area (Å²) in [5, 5.41) is 10.7. The van der Waals surface area contributed by atoms with Crippen LogP contribution in [0.5, 0.6) is 0 Å². The third-order valence-electron chi connectivity index (χ3n) is 5.23. The second-order valence-corrected chi connectivity index (χ2v) is 7.38. The number of hydrogen-bond acceptors (Lipinski definition) is 5. The predicted octanol–water partition coefficient (Wildman–Crippen LogP) is 2.22. The largest absolute Gasteiger partial charge is 0.467 e. The normalized spacial score (nSPS) is 40.2. The summed E-state index contributed by atoms with van der Waals surface area (Å²) >= 11 is 0. The summed E-state index contributed by atoms with van der Waals surface area (Å²) in [6.07, 6.45) is 3.85. The lowest BCUT2D eigenvalue weighted by atomic mass is 9.72. The zero-order valence-corrected chi connectivity index (χ0v) is 14.4.